The van der Waals surface area contributed by atoms with E-state index in [2.05, 4.69) is 21.1 Å². The Kier molecular flexibility index (Phi) is 4.99. The zero-order valence-electron chi connectivity index (χ0n) is 14.9. The Balaban J connectivity index is 1.25. The minimum Gasteiger partial charge on any atom is -0.361 e. The topological polar surface area (TPSA) is 62.5 Å². The van der Waals surface area contributed by atoms with Crippen molar-refractivity contribution >= 4 is 27.5 Å². The fourth-order valence-electron chi connectivity index (χ4n) is 3.28. The van der Waals surface area contributed by atoms with E-state index in [1.807, 2.05) is 36.1 Å². The first-order chi connectivity index (χ1) is 12.7. The zero-order valence-corrected chi connectivity index (χ0v) is 15.7. The maximum Gasteiger partial charge on any atom is 0.223 e. The lowest BCUT2D eigenvalue weighted by Crippen LogP contribution is -2.48. The van der Waals surface area contributed by atoms with Crippen molar-refractivity contribution in [2.45, 2.75) is 26.3 Å². The molecule has 1 aliphatic heterocycles. The van der Waals surface area contributed by atoms with Crippen LogP contribution in [-0.4, -0.2) is 52.0 Å². The van der Waals surface area contributed by atoms with Gasteiger partial charge in [-0.15, -0.1) is 11.3 Å². The first-order valence-corrected chi connectivity index (χ1v) is 9.76. The summed E-state index contributed by atoms with van der Waals surface area (Å²) in [6.07, 6.45) is 1.25. The van der Waals surface area contributed by atoms with Crippen molar-refractivity contribution in [3.63, 3.8) is 0 Å². The summed E-state index contributed by atoms with van der Waals surface area (Å²) in [6.45, 7) is 5.98. The van der Waals surface area contributed by atoms with Gasteiger partial charge >= 0.3 is 0 Å². The molecule has 1 aliphatic rings. The molecule has 0 radical (unpaired) electrons. The molecule has 0 aliphatic carbocycles. The van der Waals surface area contributed by atoms with Gasteiger partial charge in [-0.2, -0.15) is 0 Å². The molecule has 6 nitrogen and oxygen atoms in total. The molecule has 7 heteroatoms. The van der Waals surface area contributed by atoms with Gasteiger partial charge in [0.15, 0.2) is 0 Å². The number of rotatable bonds is 5. The van der Waals surface area contributed by atoms with E-state index in [1.165, 1.54) is 4.70 Å². The maximum atomic E-state index is 12.5. The van der Waals surface area contributed by atoms with E-state index in [0.717, 1.165) is 61.1 Å². The van der Waals surface area contributed by atoms with E-state index >= 15 is 0 Å². The lowest BCUT2D eigenvalue weighted by molar-refractivity contribution is -0.133. The summed E-state index contributed by atoms with van der Waals surface area (Å²) in [5.41, 5.74) is 1.98. The third kappa shape index (κ3) is 3.94. The highest BCUT2D eigenvalue weighted by molar-refractivity contribution is 7.18. The molecule has 1 fully saturated rings. The van der Waals surface area contributed by atoms with Crippen LogP contribution in [0.3, 0.4) is 0 Å². The van der Waals surface area contributed by atoms with E-state index in [4.69, 9.17) is 4.52 Å². The summed E-state index contributed by atoms with van der Waals surface area (Å²) in [4.78, 5) is 21.4. The molecule has 3 aromatic rings. The van der Waals surface area contributed by atoms with Crippen LogP contribution in [0.2, 0.25) is 0 Å². The van der Waals surface area contributed by atoms with Crippen LogP contribution < -0.4 is 0 Å². The standard InChI is InChI=1S/C19H22N4O2S/c1-14-12-15(21-25-14)13-22-8-10-23(11-9-22)19(24)7-6-18-20-16-4-2-3-5-17(16)26-18/h2-5,12H,6-11,13H2,1H3. The number of amides is 1. The van der Waals surface area contributed by atoms with Gasteiger partial charge in [0, 0.05) is 51.6 Å². The van der Waals surface area contributed by atoms with Gasteiger partial charge in [0.25, 0.3) is 0 Å². The average molecular weight is 370 g/mol. The van der Waals surface area contributed by atoms with Crippen molar-refractivity contribution in [3.8, 4) is 0 Å². The number of carbonyl (C=O) groups is 1. The van der Waals surface area contributed by atoms with Crippen LogP contribution in [0.15, 0.2) is 34.9 Å². The Bertz CT molecular complexity index is 863. The lowest BCUT2D eigenvalue weighted by Gasteiger charge is -2.34. The number of nitrogens with zero attached hydrogens (tertiary/aromatic N) is 4. The average Bonchev–Trinajstić information content (AvgIpc) is 3.25. The predicted octanol–water partition coefficient (Wildman–Crippen LogP) is 2.87. The fraction of sp³-hybridized carbons (Fsp3) is 0.421. The first-order valence-electron chi connectivity index (χ1n) is 8.94. The molecule has 26 heavy (non-hydrogen) atoms. The summed E-state index contributed by atoms with van der Waals surface area (Å²) in [7, 11) is 0. The Labute approximate surface area is 156 Å². The molecular formula is C19H22N4O2S. The van der Waals surface area contributed by atoms with Gasteiger partial charge in [0.2, 0.25) is 5.91 Å². The summed E-state index contributed by atoms with van der Waals surface area (Å²) in [6, 6.07) is 10.1. The molecule has 2 aromatic heterocycles. The Morgan fingerprint density at radius 3 is 2.77 bits per heavy atom. The van der Waals surface area contributed by atoms with Crippen molar-refractivity contribution in [1.82, 2.24) is 19.9 Å². The number of hydrogen-bond donors (Lipinski definition) is 0. The Hall–Kier alpha value is -2.25. The van der Waals surface area contributed by atoms with Gasteiger partial charge in [-0.1, -0.05) is 17.3 Å². The van der Waals surface area contributed by atoms with Crippen molar-refractivity contribution in [2.75, 3.05) is 26.2 Å². The highest BCUT2D eigenvalue weighted by atomic mass is 32.1. The third-order valence-electron chi connectivity index (χ3n) is 4.68. The van der Waals surface area contributed by atoms with E-state index < -0.39 is 0 Å². The highest BCUT2D eigenvalue weighted by Crippen LogP contribution is 2.22. The number of benzene rings is 1. The number of hydrogen-bond acceptors (Lipinski definition) is 6. The predicted molar refractivity (Wildman–Crippen MR) is 101 cm³/mol. The molecule has 0 bridgehead atoms. The van der Waals surface area contributed by atoms with Crippen molar-refractivity contribution < 1.29 is 9.32 Å². The summed E-state index contributed by atoms with van der Waals surface area (Å²) < 4.78 is 6.30. The molecular weight excluding hydrogens is 348 g/mol. The number of thiazole rings is 1. The second kappa shape index (κ2) is 7.55. The highest BCUT2D eigenvalue weighted by Gasteiger charge is 2.22. The number of fused-ring (bicyclic) bond motifs is 1. The van der Waals surface area contributed by atoms with Gasteiger partial charge < -0.3 is 9.42 Å². The fourth-order valence-corrected chi connectivity index (χ4v) is 4.24. The minimum atomic E-state index is 0.223. The SMILES string of the molecule is Cc1cc(CN2CCN(C(=O)CCc3nc4ccccc4s3)CC2)no1. The monoisotopic (exact) mass is 370 g/mol. The number of aryl methyl sites for hydroxylation is 2. The quantitative estimate of drug-likeness (QED) is 0.691. The van der Waals surface area contributed by atoms with Crippen LogP contribution in [0.5, 0.6) is 0 Å². The van der Waals surface area contributed by atoms with Crippen molar-refractivity contribution in [1.29, 1.82) is 0 Å². The normalized spacial score (nSPS) is 15.7. The van der Waals surface area contributed by atoms with Crippen LogP contribution >= 0.6 is 11.3 Å². The van der Waals surface area contributed by atoms with Gasteiger partial charge in [0.05, 0.1) is 20.9 Å². The van der Waals surface area contributed by atoms with E-state index in [1.54, 1.807) is 11.3 Å². The van der Waals surface area contributed by atoms with Crippen LogP contribution in [0, 0.1) is 6.92 Å². The van der Waals surface area contributed by atoms with Crippen LogP contribution in [0.4, 0.5) is 0 Å². The summed E-state index contributed by atoms with van der Waals surface area (Å²) in [5.74, 6) is 1.06. The van der Waals surface area contributed by atoms with Gasteiger partial charge in [0.1, 0.15) is 5.76 Å². The first kappa shape index (κ1) is 17.2. The lowest BCUT2D eigenvalue weighted by atomic mass is 10.2. The molecule has 0 N–H and O–H groups in total. The number of aromatic nitrogens is 2. The zero-order chi connectivity index (χ0) is 17.9. The second-order valence-corrected chi connectivity index (χ2v) is 7.78. The number of para-hydroxylation sites is 1. The van der Waals surface area contributed by atoms with E-state index in [-0.39, 0.29) is 5.91 Å². The number of carbonyl (C=O) groups excluding carboxylic acids is 1. The molecule has 0 saturated carbocycles. The van der Waals surface area contributed by atoms with Gasteiger partial charge in [-0.05, 0) is 19.1 Å². The molecule has 0 spiro atoms. The third-order valence-corrected chi connectivity index (χ3v) is 5.77. The van der Waals surface area contributed by atoms with Crippen LogP contribution in [-0.2, 0) is 17.8 Å². The summed E-state index contributed by atoms with van der Waals surface area (Å²) in [5, 5.41) is 5.08. The number of piperazine rings is 1. The van der Waals surface area contributed by atoms with Gasteiger partial charge in [-0.3, -0.25) is 9.69 Å². The molecule has 0 atom stereocenters. The molecule has 3 heterocycles. The van der Waals surface area contributed by atoms with Crippen LogP contribution in [0.25, 0.3) is 10.2 Å². The second-order valence-electron chi connectivity index (χ2n) is 6.66. The Morgan fingerprint density at radius 2 is 2.04 bits per heavy atom. The van der Waals surface area contributed by atoms with E-state index in [9.17, 15) is 4.79 Å². The van der Waals surface area contributed by atoms with Crippen molar-refractivity contribution in [3.05, 3.63) is 46.8 Å². The molecule has 1 amide bonds. The molecule has 136 valence electrons. The molecule has 1 saturated heterocycles. The van der Waals surface area contributed by atoms with Gasteiger partial charge in [-0.25, -0.2) is 4.98 Å². The van der Waals surface area contributed by atoms with Crippen molar-refractivity contribution in [2.24, 2.45) is 0 Å². The molecule has 4 rings (SSSR count). The largest absolute Gasteiger partial charge is 0.361 e. The molecule has 0 unspecified atom stereocenters. The molecule has 1 aromatic carbocycles. The van der Waals surface area contributed by atoms with Crippen LogP contribution in [0.1, 0.15) is 22.9 Å². The maximum absolute atomic E-state index is 12.5. The Morgan fingerprint density at radius 1 is 1.23 bits per heavy atom. The van der Waals surface area contributed by atoms with E-state index in [0.29, 0.717) is 6.42 Å². The summed E-state index contributed by atoms with van der Waals surface area (Å²) >= 11 is 1.68. The minimum absolute atomic E-state index is 0.223. The smallest absolute Gasteiger partial charge is 0.223 e.